The molecule has 2 heterocycles. The van der Waals surface area contributed by atoms with Crippen LogP contribution in [-0.4, -0.2) is 30.1 Å². The SMILES string of the molecule is Cc1c(C(C)(C)O)cnn(Cc2nc(C[C@H](O)c3ccc(Cl)cc3)no2)c1=O. The Hall–Kier alpha value is -2.55. The van der Waals surface area contributed by atoms with Gasteiger partial charge in [-0.3, -0.25) is 4.79 Å². The molecular formula is C19H21ClN4O4. The fourth-order valence-corrected chi connectivity index (χ4v) is 2.98. The van der Waals surface area contributed by atoms with Gasteiger partial charge in [0.25, 0.3) is 5.56 Å². The Bertz CT molecular complexity index is 1020. The second-order valence-electron chi connectivity index (χ2n) is 7.08. The number of hydrogen-bond acceptors (Lipinski definition) is 7. The normalized spacial score (nSPS) is 12.9. The van der Waals surface area contributed by atoms with Crippen LogP contribution in [0.5, 0.6) is 0 Å². The Labute approximate surface area is 166 Å². The lowest BCUT2D eigenvalue weighted by molar-refractivity contribution is 0.0769. The first-order valence-corrected chi connectivity index (χ1v) is 9.07. The van der Waals surface area contributed by atoms with Gasteiger partial charge in [0, 0.05) is 22.6 Å². The summed E-state index contributed by atoms with van der Waals surface area (Å²) in [5.74, 6) is 0.513. The number of rotatable bonds is 6. The Balaban J connectivity index is 1.74. The van der Waals surface area contributed by atoms with Crippen LogP contribution in [0.25, 0.3) is 0 Å². The van der Waals surface area contributed by atoms with Gasteiger partial charge >= 0.3 is 0 Å². The minimum Gasteiger partial charge on any atom is -0.388 e. The zero-order chi connectivity index (χ0) is 20.5. The third-order valence-electron chi connectivity index (χ3n) is 4.37. The summed E-state index contributed by atoms with van der Waals surface area (Å²) in [5.41, 5.74) is 0.0450. The molecule has 2 aromatic heterocycles. The van der Waals surface area contributed by atoms with Crippen molar-refractivity contribution in [3.8, 4) is 0 Å². The Morgan fingerprint density at radius 3 is 2.61 bits per heavy atom. The van der Waals surface area contributed by atoms with Gasteiger partial charge in [-0.2, -0.15) is 10.1 Å². The second-order valence-corrected chi connectivity index (χ2v) is 7.52. The molecule has 0 saturated heterocycles. The lowest BCUT2D eigenvalue weighted by atomic mass is 9.97. The van der Waals surface area contributed by atoms with E-state index in [1.807, 2.05) is 0 Å². The molecule has 0 aliphatic rings. The lowest BCUT2D eigenvalue weighted by Crippen LogP contribution is -2.30. The van der Waals surface area contributed by atoms with E-state index in [9.17, 15) is 15.0 Å². The molecule has 28 heavy (non-hydrogen) atoms. The molecule has 8 nitrogen and oxygen atoms in total. The van der Waals surface area contributed by atoms with E-state index in [1.165, 1.54) is 10.9 Å². The number of hydrogen-bond donors (Lipinski definition) is 2. The molecule has 3 rings (SSSR count). The van der Waals surface area contributed by atoms with Crippen molar-refractivity contribution in [2.24, 2.45) is 0 Å². The van der Waals surface area contributed by atoms with E-state index in [1.54, 1.807) is 45.0 Å². The van der Waals surface area contributed by atoms with E-state index < -0.39 is 11.7 Å². The highest BCUT2D eigenvalue weighted by molar-refractivity contribution is 6.30. The summed E-state index contributed by atoms with van der Waals surface area (Å²) in [6.07, 6.45) is 0.805. The molecule has 0 unspecified atom stereocenters. The molecule has 0 spiro atoms. The molecule has 0 amide bonds. The van der Waals surface area contributed by atoms with Crippen molar-refractivity contribution in [2.45, 2.75) is 45.4 Å². The zero-order valence-electron chi connectivity index (χ0n) is 15.8. The smallest absolute Gasteiger partial charge is 0.270 e. The summed E-state index contributed by atoms with van der Waals surface area (Å²) in [6, 6.07) is 6.84. The predicted octanol–water partition coefficient (Wildman–Crippen LogP) is 2.14. The van der Waals surface area contributed by atoms with E-state index in [0.29, 0.717) is 27.5 Å². The quantitative estimate of drug-likeness (QED) is 0.646. The summed E-state index contributed by atoms with van der Waals surface area (Å²) in [6.45, 7) is 4.82. The van der Waals surface area contributed by atoms with Crippen molar-refractivity contribution in [1.29, 1.82) is 0 Å². The zero-order valence-corrected chi connectivity index (χ0v) is 16.5. The van der Waals surface area contributed by atoms with E-state index in [-0.39, 0.29) is 24.4 Å². The van der Waals surface area contributed by atoms with Gasteiger partial charge in [0.1, 0.15) is 6.54 Å². The number of halogens is 1. The van der Waals surface area contributed by atoms with Crippen molar-refractivity contribution in [1.82, 2.24) is 19.9 Å². The summed E-state index contributed by atoms with van der Waals surface area (Å²) < 4.78 is 6.37. The Morgan fingerprint density at radius 2 is 1.96 bits per heavy atom. The van der Waals surface area contributed by atoms with Crippen LogP contribution in [0.4, 0.5) is 0 Å². The molecule has 0 radical (unpaired) electrons. The first-order valence-electron chi connectivity index (χ1n) is 8.69. The number of nitrogens with zero attached hydrogens (tertiary/aromatic N) is 4. The number of aliphatic hydroxyl groups is 2. The van der Waals surface area contributed by atoms with Crippen molar-refractivity contribution in [3.05, 3.63) is 74.2 Å². The molecule has 1 atom stereocenters. The predicted molar refractivity (Wildman–Crippen MR) is 102 cm³/mol. The van der Waals surface area contributed by atoms with Crippen molar-refractivity contribution in [2.75, 3.05) is 0 Å². The van der Waals surface area contributed by atoms with Crippen molar-refractivity contribution >= 4 is 11.6 Å². The highest BCUT2D eigenvalue weighted by atomic mass is 35.5. The molecule has 0 fully saturated rings. The summed E-state index contributed by atoms with van der Waals surface area (Å²) >= 11 is 5.85. The molecule has 0 aliphatic heterocycles. The maximum atomic E-state index is 12.5. The minimum absolute atomic E-state index is 0.00412. The highest BCUT2D eigenvalue weighted by Gasteiger charge is 2.22. The average Bonchev–Trinajstić information content (AvgIpc) is 3.05. The van der Waals surface area contributed by atoms with Gasteiger partial charge in [-0.05, 0) is 38.5 Å². The van der Waals surface area contributed by atoms with E-state index in [4.69, 9.17) is 16.1 Å². The van der Waals surface area contributed by atoms with Crippen LogP contribution in [0.3, 0.4) is 0 Å². The van der Waals surface area contributed by atoms with Crippen LogP contribution in [0.2, 0.25) is 5.02 Å². The van der Waals surface area contributed by atoms with Gasteiger partial charge in [0.15, 0.2) is 5.82 Å². The van der Waals surface area contributed by atoms with Gasteiger partial charge in [-0.25, -0.2) is 4.68 Å². The van der Waals surface area contributed by atoms with Crippen LogP contribution >= 0.6 is 11.6 Å². The van der Waals surface area contributed by atoms with Crippen LogP contribution in [0.15, 0.2) is 39.8 Å². The van der Waals surface area contributed by atoms with Gasteiger partial charge in [-0.1, -0.05) is 28.9 Å². The monoisotopic (exact) mass is 404 g/mol. The molecule has 0 aliphatic carbocycles. The Kier molecular flexibility index (Phi) is 5.64. The number of aromatic nitrogens is 4. The minimum atomic E-state index is -1.16. The lowest BCUT2D eigenvalue weighted by Gasteiger charge is -2.19. The van der Waals surface area contributed by atoms with Crippen LogP contribution in [0.1, 0.15) is 48.4 Å². The fraction of sp³-hybridized carbons (Fsp3) is 0.368. The molecule has 3 aromatic rings. The third kappa shape index (κ3) is 4.46. The molecule has 0 bridgehead atoms. The first-order chi connectivity index (χ1) is 13.1. The number of benzene rings is 1. The summed E-state index contributed by atoms with van der Waals surface area (Å²) in [5, 5.41) is 28.9. The van der Waals surface area contributed by atoms with Crippen molar-refractivity contribution < 1.29 is 14.7 Å². The van der Waals surface area contributed by atoms with Crippen LogP contribution < -0.4 is 5.56 Å². The van der Waals surface area contributed by atoms with E-state index in [2.05, 4.69) is 15.2 Å². The van der Waals surface area contributed by atoms with E-state index >= 15 is 0 Å². The molecule has 148 valence electrons. The average molecular weight is 405 g/mol. The van der Waals surface area contributed by atoms with Gasteiger partial charge in [0.2, 0.25) is 5.89 Å². The van der Waals surface area contributed by atoms with E-state index in [0.717, 1.165) is 0 Å². The third-order valence-corrected chi connectivity index (χ3v) is 4.62. The largest absolute Gasteiger partial charge is 0.388 e. The maximum absolute atomic E-state index is 12.5. The maximum Gasteiger partial charge on any atom is 0.270 e. The van der Waals surface area contributed by atoms with Crippen molar-refractivity contribution in [3.63, 3.8) is 0 Å². The first kappa shape index (κ1) is 20.2. The summed E-state index contributed by atoms with van der Waals surface area (Å²) in [7, 11) is 0. The van der Waals surface area contributed by atoms with Crippen LogP contribution in [0, 0.1) is 6.92 Å². The second kappa shape index (κ2) is 7.83. The standard InChI is InChI=1S/C19H21ClN4O4/c1-11-14(19(2,3)27)9-21-24(18(11)26)10-17-22-16(23-28-17)8-15(25)12-4-6-13(20)7-5-12/h4-7,9,15,25,27H,8,10H2,1-3H3/t15-/m0/s1. The molecule has 2 N–H and O–H groups in total. The number of aliphatic hydroxyl groups excluding tert-OH is 1. The molecule has 1 aromatic carbocycles. The topological polar surface area (TPSA) is 114 Å². The van der Waals surface area contributed by atoms with Gasteiger partial charge in [-0.15, -0.1) is 0 Å². The summed E-state index contributed by atoms with van der Waals surface area (Å²) in [4.78, 5) is 16.7. The molecule has 9 heteroatoms. The molecule has 0 saturated carbocycles. The molecular weight excluding hydrogens is 384 g/mol. The van der Waals surface area contributed by atoms with Gasteiger partial charge < -0.3 is 14.7 Å². The highest BCUT2D eigenvalue weighted by Crippen LogP contribution is 2.21. The van der Waals surface area contributed by atoms with Gasteiger partial charge in [0.05, 0.1) is 17.9 Å². The fourth-order valence-electron chi connectivity index (χ4n) is 2.86. The Morgan fingerprint density at radius 1 is 1.29 bits per heavy atom. The van der Waals surface area contributed by atoms with Crippen LogP contribution in [-0.2, 0) is 18.6 Å².